The van der Waals surface area contributed by atoms with Crippen LogP contribution >= 0.6 is 0 Å². The Balaban J connectivity index is 2.36. The number of esters is 1. The minimum atomic E-state index is -0.249. The van der Waals surface area contributed by atoms with Crippen molar-refractivity contribution in [1.82, 2.24) is 0 Å². The van der Waals surface area contributed by atoms with E-state index in [2.05, 4.69) is 6.07 Å². The molecule has 88 valence electrons. The average molecular weight is 229 g/mol. The van der Waals surface area contributed by atoms with Crippen molar-refractivity contribution in [2.24, 2.45) is 0 Å². The third-order valence-corrected chi connectivity index (χ3v) is 3.21. The topological polar surface area (TPSA) is 50.1 Å². The smallest absolute Gasteiger partial charge is 0.310 e. The van der Waals surface area contributed by atoms with E-state index in [4.69, 9.17) is 10.00 Å². The summed E-state index contributed by atoms with van der Waals surface area (Å²) in [7, 11) is 0. The van der Waals surface area contributed by atoms with E-state index < -0.39 is 0 Å². The van der Waals surface area contributed by atoms with Crippen LogP contribution in [0.4, 0.5) is 0 Å². The van der Waals surface area contributed by atoms with Crippen molar-refractivity contribution in [1.29, 1.82) is 5.26 Å². The van der Waals surface area contributed by atoms with E-state index in [0.29, 0.717) is 23.7 Å². The lowest BCUT2D eigenvalue weighted by Gasteiger charge is -2.28. The van der Waals surface area contributed by atoms with Gasteiger partial charge in [-0.05, 0) is 30.9 Å². The van der Waals surface area contributed by atoms with Gasteiger partial charge < -0.3 is 4.74 Å². The zero-order chi connectivity index (χ0) is 12.3. The summed E-state index contributed by atoms with van der Waals surface area (Å²) in [5, 5.41) is 9.11. The quantitative estimate of drug-likeness (QED) is 0.591. The van der Waals surface area contributed by atoms with Crippen LogP contribution in [0.25, 0.3) is 0 Å². The van der Waals surface area contributed by atoms with Crippen LogP contribution in [-0.2, 0) is 4.79 Å². The maximum absolute atomic E-state index is 11.4. The van der Waals surface area contributed by atoms with Gasteiger partial charge in [0.2, 0.25) is 0 Å². The lowest BCUT2D eigenvalue weighted by atomic mass is 9.78. The van der Waals surface area contributed by atoms with Crippen LogP contribution in [0.5, 0.6) is 5.75 Å². The Morgan fingerprint density at radius 3 is 2.82 bits per heavy atom. The molecule has 1 saturated carbocycles. The van der Waals surface area contributed by atoms with Gasteiger partial charge in [-0.3, -0.25) is 4.79 Å². The number of hydrogen-bond donors (Lipinski definition) is 0. The first-order chi connectivity index (χ1) is 8.26. The predicted octanol–water partition coefficient (Wildman–Crippen LogP) is 3.14. The molecule has 0 heterocycles. The highest BCUT2D eigenvalue weighted by Gasteiger charge is 2.26. The SMILES string of the molecule is CCC(=O)Oc1cccc(C#N)c1C1CCC1. The molecule has 17 heavy (non-hydrogen) atoms. The molecule has 3 heteroatoms. The summed E-state index contributed by atoms with van der Waals surface area (Å²) in [5.74, 6) is 0.701. The third kappa shape index (κ3) is 2.31. The van der Waals surface area contributed by atoms with Gasteiger partial charge in [-0.25, -0.2) is 0 Å². The molecule has 3 nitrogen and oxygen atoms in total. The number of nitrogens with zero attached hydrogens (tertiary/aromatic N) is 1. The Hall–Kier alpha value is -1.82. The normalized spacial score (nSPS) is 14.8. The van der Waals surface area contributed by atoms with Gasteiger partial charge in [-0.15, -0.1) is 0 Å². The molecule has 0 bridgehead atoms. The zero-order valence-electron chi connectivity index (χ0n) is 9.90. The van der Waals surface area contributed by atoms with Gasteiger partial charge in [-0.2, -0.15) is 5.26 Å². The first kappa shape index (κ1) is 11.7. The summed E-state index contributed by atoms with van der Waals surface area (Å²) in [6, 6.07) is 7.52. The van der Waals surface area contributed by atoms with Crippen LogP contribution in [0.15, 0.2) is 18.2 Å². The van der Waals surface area contributed by atoms with Gasteiger partial charge in [0.05, 0.1) is 11.6 Å². The van der Waals surface area contributed by atoms with E-state index >= 15 is 0 Å². The molecule has 0 unspecified atom stereocenters. The molecular weight excluding hydrogens is 214 g/mol. The summed E-state index contributed by atoms with van der Waals surface area (Å²) in [5.41, 5.74) is 1.55. The van der Waals surface area contributed by atoms with Crippen LogP contribution in [0, 0.1) is 11.3 Å². The Kier molecular flexibility index (Phi) is 3.43. The summed E-state index contributed by atoms with van der Waals surface area (Å²) >= 11 is 0. The van der Waals surface area contributed by atoms with E-state index in [9.17, 15) is 4.79 Å². The summed E-state index contributed by atoms with van der Waals surface area (Å²) in [4.78, 5) is 11.4. The number of benzene rings is 1. The van der Waals surface area contributed by atoms with Crippen molar-refractivity contribution in [3.8, 4) is 11.8 Å². The predicted molar refractivity (Wildman–Crippen MR) is 63.7 cm³/mol. The van der Waals surface area contributed by atoms with E-state index in [0.717, 1.165) is 18.4 Å². The van der Waals surface area contributed by atoms with E-state index in [1.807, 2.05) is 0 Å². The average Bonchev–Trinajstić information content (AvgIpc) is 2.28. The number of hydrogen-bond acceptors (Lipinski definition) is 3. The molecule has 2 rings (SSSR count). The second kappa shape index (κ2) is 5.01. The summed E-state index contributed by atoms with van der Waals surface area (Å²) in [6.45, 7) is 1.76. The highest BCUT2D eigenvalue weighted by atomic mass is 16.5. The molecule has 0 aliphatic heterocycles. The lowest BCUT2D eigenvalue weighted by Crippen LogP contribution is -2.14. The van der Waals surface area contributed by atoms with Crippen molar-refractivity contribution in [2.45, 2.75) is 38.5 Å². The largest absolute Gasteiger partial charge is 0.426 e. The van der Waals surface area contributed by atoms with Crippen LogP contribution in [0.1, 0.15) is 49.7 Å². The van der Waals surface area contributed by atoms with Crippen LogP contribution in [-0.4, -0.2) is 5.97 Å². The van der Waals surface area contributed by atoms with Gasteiger partial charge in [0.1, 0.15) is 5.75 Å². The maximum Gasteiger partial charge on any atom is 0.310 e. The molecular formula is C14H15NO2. The fourth-order valence-electron chi connectivity index (χ4n) is 2.04. The molecule has 1 fully saturated rings. The number of carbonyl (C=O) groups excluding carboxylic acids is 1. The first-order valence-corrected chi connectivity index (χ1v) is 6.00. The van der Waals surface area contributed by atoms with Gasteiger partial charge in [0, 0.05) is 12.0 Å². The number of nitriles is 1. The highest BCUT2D eigenvalue weighted by Crippen LogP contribution is 2.42. The van der Waals surface area contributed by atoms with Gasteiger partial charge in [-0.1, -0.05) is 19.4 Å². The van der Waals surface area contributed by atoms with E-state index in [1.54, 1.807) is 25.1 Å². The van der Waals surface area contributed by atoms with Crippen molar-refractivity contribution in [2.75, 3.05) is 0 Å². The molecule has 0 N–H and O–H groups in total. The van der Waals surface area contributed by atoms with Crippen LogP contribution < -0.4 is 4.74 Å². The maximum atomic E-state index is 11.4. The van der Waals surface area contributed by atoms with Crippen molar-refractivity contribution < 1.29 is 9.53 Å². The Morgan fingerprint density at radius 1 is 1.53 bits per heavy atom. The van der Waals surface area contributed by atoms with Gasteiger partial charge >= 0.3 is 5.97 Å². The third-order valence-electron chi connectivity index (χ3n) is 3.21. The zero-order valence-corrected chi connectivity index (χ0v) is 9.90. The van der Waals surface area contributed by atoms with Gasteiger partial charge in [0.25, 0.3) is 0 Å². The number of rotatable bonds is 3. The summed E-state index contributed by atoms with van der Waals surface area (Å²) < 4.78 is 5.30. The number of ether oxygens (including phenoxy) is 1. The highest BCUT2D eigenvalue weighted by molar-refractivity contribution is 5.73. The molecule has 0 amide bonds. The molecule has 1 aromatic carbocycles. The molecule has 0 radical (unpaired) electrons. The van der Waals surface area contributed by atoms with Gasteiger partial charge in [0.15, 0.2) is 0 Å². The monoisotopic (exact) mass is 229 g/mol. The Morgan fingerprint density at radius 2 is 2.29 bits per heavy atom. The molecule has 0 aromatic heterocycles. The van der Waals surface area contributed by atoms with Crippen LogP contribution in [0.3, 0.4) is 0 Å². The van der Waals surface area contributed by atoms with Crippen molar-refractivity contribution >= 4 is 5.97 Å². The Bertz CT molecular complexity index is 470. The van der Waals surface area contributed by atoms with E-state index in [1.165, 1.54) is 6.42 Å². The molecule has 0 saturated heterocycles. The standard InChI is InChI=1S/C14H15NO2/c1-2-13(16)17-12-8-4-7-11(9-15)14(12)10-5-3-6-10/h4,7-8,10H,2-3,5-6H2,1H3. The second-order valence-corrected chi connectivity index (χ2v) is 4.28. The Labute approximate surface area is 101 Å². The van der Waals surface area contributed by atoms with Crippen molar-refractivity contribution in [3.63, 3.8) is 0 Å². The molecule has 0 atom stereocenters. The van der Waals surface area contributed by atoms with Crippen LogP contribution in [0.2, 0.25) is 0 Å². The minimum absolute atomic E-state index is 0.249. The molecule has 1 aliphatic rings. The second-order valence-electron chi connectivity index (χ2n) is 4.28. The van der Waals surface area contributed by atoms with E-state index in [-0.39, 0.29) is 5.97 Å². The van der Waals surface area contributed by atoms with Crippen molar-refractivity contribution in [3.05, 3.63) is 29.3 Å². The minimum Gasteiger partial charge on any atom is -0.426 e. The fraction of sp³-hybridized carbons (Fsp3) is 0.429. The first-order valence-electron chi connectivity index (χ1n) is 6.00. The molecule has 0 spiro atoms. The molecule has 1 aromatic rings. The summed E-state index contributed by atoms with van der Waals surface area (Å²) in [6.07, 6.45) is 3.69. The number of carbonyl (C=O) groups is 1. The molecule has 1 aliphatic carbocycles. The fourth-order valence-corrected chi connectivity index (χ4v) is 2.04. The lowest BCUT2D eigenvalue weighted by molar-refractivity contribution is -0.134.